The van der Waals surface area contributed by atoms with E-state index in [0.29, 0.717) is 11.9 Å². The van der Waals surface area contributed by atoms with Gasteiger partial charge in [0.2, 0.25) is 0 Å². The van der Waals surface area contributed by atoms with Crippen molar-refractivity contribution in [3.05, 3.63) is 11.6 Å². The summed E-state index contributed by atoms with van der Waals surface area (Å²) >= 11 is 0. The van der Waals surface area contributed by atoms with Gasteiger partial charge in [-0.3, -0.25) is 0 Å². The molecular formula is C8H10N4O2. The van der Waals surface area contributed by atoms with Crippen molar-refractivity contribution in [2.45, 2.75) is 18.9 Å². The van der Waals surface area contributed by atoms with Crippen LogP contribution in [0, 0.1) is 0 Å². The van der Waals surface area contributed by atoms with E-state index >= 15 is 0 Å². The standard InChI is InChI=1S/C8H10N4O2/c9-7-5(8(13)14)3-6(11-12-7)10-4-1-2-4/h3-4H,1-2H2,(H2,9,12)(H,10,11)(H,13,14). The lowest BCUT2D eigenvalue weighted by atomic mass is 10.3. The monoisotopic (exact) mass is 194 g/mol. The Kier molecular flexibility index (Phi) is 1.95. The van der Waals surface area contributed by atoms with Crippen LogP contribution in [-0.2, 0) is 0 Å². The first kappa shape index (κ1) is 8.74. The molecule has 0 radical (unpaired) electrons. The fraction of sp³-hybridized carbons (Fsp3) is 0.375. The highest BCUT2D eigenvalue weighted by atomic mass is 16.4. The van der Waals surface area contributed by atoms with Gasteiger partial charge in [0.1, 0.15) is 11.4 Å². The molecule has 0 spiro atoms. The molecule has 1 heterocycles. The number of nitrogen functional groups attached to an aromatic ring is 1. The van der Waals surface area contributed by atoms with Crippen molar-refractivity contribution >= 4 is 17.6 Å². The first-order valence-corrected chi connectivity index (χ1v) is 4.30. The molecule has 4 N–H and O–H groups in total. The predicted molar refractivity (Wildman–Crippen MR) is 50.0 cm³/mol. The van der Waals surface area contributed by atoms with Gasteiger partial charge in [0, 0.05) is 12.1 Å². The summed E-state index contributed by atoms with van der Waals surface area (Å²) in [6, 6.07) is 1.82. The number of rotatable bonds is 3. The van der Waals surface area contributed by atoms with Crippen LogP contribution < -0.4 is 11.1 Å². The maximum Gasteiger partial charge on any atom is 0.339 e. The molecule has 2 rings (SSSR count). The van der Waals surface area contributed by atoms with Crippen molar-refractivity contribution in [1.29, 1.82) is 0 Å². The van der Waals surface area contributed by atoms with E-state index in [1.807, 2.05) is 0 Å². The lowest BCUT2D eigenvalue weighted by Crippen LogP contribution is -2.10. The van der Waals surface area contributed by atoms with E-state index in [-0.39, 0.29) is 11.4 Å². The molecule has 0 aromatic carbocycles. The van der Waals surface area contributed by atoms with Gasteiger partial charge in [0.15, 0.2) is 5.82 Å². The number of aromatic carboxylic acids is 1. The van der Waals surface area contributed by atoms with Crippen LogP contribution >= 0.6 is 0 Å². The fourth-order valence-electron chi connectivity index (χ4n) is 1.08. The van der Waals surface area contributed by atoms with Crippen molar-refractivity contribution in [3.63, 3.8) is 0 Å². The smallest absolute Gasteiger partial charge is 0.339 e. The topological polar surface area (TPSA) is 101 Å². The first-order valence-electron chi connectivity index (χ1n) is 4.30. The van der Waals surface area contributed by atoms with Crippen LogP contribution in [0.3, 0.4) is 0 Å². The summed E-state index contributed by atoms with van der Waals surface area (Å²) in [6.07, 6.45) is 2.18. The van der Waals surface area contributed by atoms with Crippen LogP contribution in [0.1, 0.15) is 23.2 Å². The van der Waals surface area contributed by atoms with Crippen molar-refractivity contribution < 1.29 is 9.90 Å². The van der Waals surface area contributed by atoms with Gasteiger partial charge in [-0.15, -0.1) is 10.2 Å². The van der Waals surface area contributed by atoms with E-state index < -0.39 is 5.97 Å². The van der Waals surface area contributed by atoms with Gasteiger partial charge in [-0.25, -0.2) is 4.79 Å². The number of nitrogens with two attached hydrogens (primary N) is 1. The molecule has 1 fully saturated rings. The van der Waals surface area contributed by atoms with Crippen LogP contribution in [0.25, 0.3) is 0 Å². The number of hydrogen-bond acceptors (Lipinski definition) is 5. The second kappa shape index (κ2) is 3.13. The van der Waals surface area contributed by atoms with Gasteiger partial charge < -0.3 is 16.2 Å². The van der Waals surface area contributed by atoms with Gasteiger partial charge >= 0.3 is 5.97 Å². The van der Waals surface area contributed by atoms with Crippen LogP contribution in [0.5, 0.6) is 0 Å². The zero-order chi connectivity index (χ0) is 10.1. The molecule has 6 nitrogen and oxygen atoms in total. The number of hydrogen-bond donors (Lipinski definition) is 3. The molecule has 1 aromatic rings. The fourth-order valence-corrected chi connectivity index (χ4v) is 1.08. The number of carboxylic acid groups (broad SMARTS) is 1. The van der Waals surface area contributed by atoms with E-state index in [4.69, 9.17) is 10.8 Å². The number of anilines is 2. The van der Waals surface area contributed by atoms with Gasteiger partial charge in [-0.1, -0.05) is 0 Å². The Morgan fingerprint density at radius 3 is 2.86 bits per heavy atom. The third kappa shape index (κ3) is 1.73. The molecule has 14 heavy (non-hydrogen) atoms. The average molecular weight is 194 g/mol. The molecule has 1 aliphatic rings. The minimum atomic E-state index is -1.09. The average Bonchev–Trinajstić information content (AvgIpc) is 2.92. The van der Waals surface area contributed by atoms with Crippen LogP contribution in [0.2, 0.25) is 0 Å². The summed E-state index contributed by atoms with van der Waals surface area (Å²) in [5.41, 5.74) is 5.34. The van der Waals surface area contributed by atoms with Crippen LogP contribution in [0.15, 0.2) is 6.07 Å². The summed E-state index contributed by atoms with van der Waals surface area (Å²) in [4.78, 5) is 10.7. The van der Waals surface area contributed by atoms with Crippen molar-refractivity contribution in [1.82, 2.24) is 10.2 Å². The first-order chi connectivity index (χ1) is 6.66. The van der Waals surface area contributed by atoms with E-state index in [9.17, 15) is 4.79 Å². The maximum atomic E-state index is 10.7. The summed E-state index contributed by atoms with van der Waals surface area (Å²) in [5.74, 6) is -0.672. The highest BCUT2D eigenvalue weighted by Crippen LogP contribution is 2.24. The molecule has 0 bridgehead atoms. The molecule has 0 saturated heterocycles. The molecule has 0 aliphatic heterocycles. The van der Waals surface area contributed by atoms with Gasteiger partial charge in [0.05, 0.1) is 0 Å². The molecular weight excluding hydrogens is 184 g/mol. The Labute approximate surface area is 80.1 Å². The quantitative estimate of drug-likeness (QED) is 0.641. The second-order valence-corrected chi connectivity index (χ2v) is 3.25. The molecule has 1 saturated carbocycles. The third-order valence-corrected chi connectivity index (χ3v) is 1.98. The second-order valence-electron chi connectivity index (χ2n) is 3.25. The highest BCUT2D eigenvalue weighted by molar-refractivity contribution is 5.93. The lowest BCUT2D eigenvalue weighted by molar-refractivity contribution is 0.0697. The minimum Gasteiger partial charge on any atom is -0.478 e. The number of carbonyl (C=O) groups is 1. The Morgan fingerprint density at radius 1 is 1.57 bits per heavy atom. The number of nitrogens with one attached hydrogen (secondary N) is 1. The minimum absolute atomic E-state index is 0.0110. The SMILES string of the molecule is Nc1nnc(NC2CC2)cc1C(=O)O. The third-order valence-electron chi connectivity index (χ3n) is 1.98. The van der Waals surface area contributed by atoms with Crippen molar-refractivity contribution in [3.8, 4) is 0 Å². The van der Waals surface area contributed by atoms with E-state index in [0.717, 1.165) is 12.8 Å². The van der Waals surface area contributed by atoms with Crippen molar-refractivity contribution in [2.75, 3.05) is 11.1 Å². The Balaban J connectivity index is 2.24. The molecule has 1 aromatic heterocycles. The summed E-state index contributed by atoms with van der Waals surface area (Å²) < 4.78 is 0. The molecule has 1 aliphatic carbocycles. The Morgan fingerprint density at radius 2 is 2.29 bits per heavy atom. The summed E-state index contributed by atoms with van der Waals surface area (Å²) in [5, 5.41) is 19.1. The molecule has 0 atom stereocenters. The van der Waals surface area contributed by atoms with Crippen LogP contribution in [-0.4, -0.2) is 27.3 Å². The molecule has 6 heteroatoms. The Hall–Kier alpha value is -1.85. The van der Waals surface area contributed by atoms with E-state index in [1.165, 1.54) is 6.07 Å². The van der Waals surface area contributed by atoms with Crippen LogP contribution in [0.4, 0.5) is 11.6 Å². The normalized spacial score (nSPS) is 15.1. The highest BCUT2D eigenvalue weighted by Gasteiger charge is 2.22. The predicted octanol–water partition coefficient (Wildman–Crippen LogP) is 0.331. The lowest BCUT2D eigenvalue weighted by Gasteiger charge is -2.04. The molecule has 0 amide bonds. The number of nitrogens with zero attached hydrogens (tertiary/aromatic N) is 2. The largest absolute Gasteiger partial charge is 0.478 e. The zero-order valence-electron chi connectivity index (χ0n) is 7.40. The molecule has 0 unspecified atom stereocenters. The van der Waals surface area contributed by atoms with Gasteiger partial charge in [0.25, 0.3) is 0 Å². The van der Waals surface area contributed by atoms with E-state index in [2.05, 4.69) is 15.5 Å². The Bertz CT molecular complexity index is 376. The van der Waals surface area contributed by atoms with E-state index in [1.54, 1.807) is 0 Å². The molecule has 74 valence electrons. The zero-order valence-corrected chi connectivity index (χ0v) is 7.40. The summed E-state index contributed by atoms with van der Waals surface area (Å²) in [7, 11) is 0. The van der Waals surface area contributed by atoms with Gasteiger partial charge in [-0.2, -0.15) is 0 Å². The van der Waals surface area contributed by atoms with Crippen molar-refractivity contribution in [2.24, 2.45) is 0 Å². The number of aromatic nitrogens is 2. The summed E-state index contributed by atoms with van der Waals surface area (Å²) in [6.45, 7) is 0. The van der Waals surface area contributed by atoms with Gasteiger partial charge in [-0.05, 0) is 12.8 Å². The number of carboxylic acids is 1. The maximum absolute atomic E-state index is 10.7.